The minimum absolute atomic E-state index is 0.0186. The molecule has 0 bridgehead atoms. The van der Waals surface area contributed by atoms with Crippen LogP contribution in [0, 0.1) is 0 Å². The number of aliphatic carboxylic acids is 1. The number of hydrogen-bond donors (Lipinski definition) is 2. The van der Waals surface area contributed by atoms with Gasteiger partial charge in [0, 0.05) is 27.2 Å². The van der Waals surface area contributed by atoms with Crippen LogP contribution in [0.15, 0.2) is 0 Å². The van der Waals surface area contributed by atoms with Gasteiger partial charge in [-0.15, -0.1) is 0 Å². The van der Waals surface area contributed by atoms with Gasteiger partial charge in [0.25, 0.3) is 0 Å². The van der Waals surface area contributed by atoms with Crippen molar-refractivity contribution in [3.05, 3.63) is 0 Å². The Morgan fingerprint density at radius 2 is 1.95 bits per heavy atom. The van der Waals surface area contributed by atoms with Crippen molar-refractivity contribution in [2.45, 2.75) is 18.9 Å². The summed E-state index contributed by atoms with van der Waals surface area (Å²) in [7, 11) is 3.09. The van der Waals surface area contributed by atoms with E-state index in [2.05, 4.69) is 5.32 Å². The normalized spacial score (nSPS) is 15.8. The van der Waals surface area contributed by atoms with Crippen molar-refractivity contribution in [3.8, 4) is 0 Å². The van der Waals surface area contributed by atoms with Gasteiger partial charge in [0.15, 0.2) is 0 Å². The first-order valence-corrected chi connectivity index (χ1v) is 6.48. The van der Waals surface area contributed by atoms with E-state index < -0.39 is 5.97 Å². The first-order chi connectivity index (χ1) is 9.43. The number of nitrogens with zero attached hydrogens (tertiary/aromatic N) is 2. The molecule has 1 aliphatic rings. The number of carboxylic acids is 1. The van der Waals surface area contributed by atoms with E-state index in [1.807, 2.05) is 0 Å². The molecule has 8 nitrogen and oxygen atoms in total. The molecule has 0 unspecified atom stereocenters. The molecule has 0 spiro atoms. The number of carboxylic acid groups (broad SMARTS) is 1. The Hall–Kier alpha value is -1.83. The van der Waals surface area contributed by atoms with Gasteiger partial charge >= 0.3 is 12.0 Å². The molecule has 8 heteroatoms. The number of urea groups is 1. The maximum Gasteiger partial charge on any atom is 0.329 e. The van der Waals surface area contributed by atoms with Crippen LogP contribution in [0.25, 0.3) is 0 Å². The fraction of sp³-hybridized carbons (Fsp3) is 0.750. The van der Waals surface area contributed by atoms with Gasteiger partial charge in [-0.3, -0.25) is 4.79 Å². The van der Waals surface area contributed by atoms with Crippen molar-refractivity contribution in [1.29, 1.82) is 0 Å². The number of piperidine rings is 1. The Morgan fingerprint density at radius 1 is 1.35 bits per heavy atom. The van der Waals surface area contributed by atoms with Crippen LogP contribution in [0.4, 0.5) is 4.79 Å². The highest BCUT2D eigenvalue weighted by Gasteiger charge is 2.26. The second-order valence-electron chi connectivity index (χ2n) is 4.70. The van der Waals surface area contributed by atoms with Crippen molar-refractivity contribution >= 4 is 17.9 Å². The molecule has 20 heavy (non-hydrogen) atoms. The van der Waals surface area contributed by atoms with E-state index in [1.165, 1.54) is 11.9 Å². The highest BCUT2D eigenvalue weighted by Crippen LogP contribution is 2.14. The lowest BCUT2D eigenvalue weighted by Crippen LogP contribution is -2.48. The van der Waals surface area contributed by atoms with E-state index in [-0.39, 0.29) is 31.2 Å². The highest BCUT2D eigenvalue weighted by atomic mass is 16.5. The Morgan fingerprint density at radius 3 is 2.45 bits per heavy atom. The van der Waals surface area contributed by atoms with Crippen molar-refractivity contribution in [2.75, 3.05) is 40.3 Å². The molecule has 2 N–H and O–H groups in total. The van der Waals surface area contributed by atoms with Crippen LogP contribution in [0.1, 0.15) is 12.8 Å². The third-order valence-electron chi connectivity index (χ3n) is 3.14. The van der Waals surface area contributed by atoms with Crippen LogP contribution >= 0.6 is 0 Å². The molecule has 0 aromatic carbocycles. The molecule has 1 fully saturated rings. The molecule has 1 aliphatic heterocycles. The topological polar surface area (TPSA) is 99.2 Å². The summed E-state index contributed by atoms with van der Waals surface area (Å²) in [4.78, 5) is 36.7. The number of nitrogens with one attached hydrogen (secondary N) is 1. The SMILES string of the molecule is CNC(=O)CN(C)C(=O)N1CCC(OCC(=O)O)CC1. The molecule has 0 aromatic heterocycles. The van der Waals surface area contributed by atoms with Crippen molar-refractivity contribution in [1.82, 2.24) is 15.1 Å². The third kappa shape index (κ3) is 5.04. The molecule has 0 aromatic rings. The molecule has 3 amide bonds. The third-order valence-corrected chi connectivity index (χ3v) is 3.14. The zero-order chi connectivity index (χ0) is 15.1. The summed E-state index contributed by atoms with van der Waals surface area (Å²) in [6, 6.07) is -0.203. The zero-order valence-electron chi connectivity index (χ0n) is 11.8. The van der Waals surface area contributed by atoms with Gasteiger partial charge in [-0.2, -0.15) is 0 Å². The Labute approximate surface area is 117 Å². The zero-order valence-corrected chi connectivity index (χ0v) is 11.8. The monoisotopic (exact) mass is 287 g/mol. The highest BCUT2D eigenvalue weighted by molar-refractivity contribution is 5.83. The molecule has 1 saturated heterocycles. The van der Waals surface area contributed by atoms with Gasteiger partial charge in [0.05, 0.1) is 6.10 Å². The molecule has 0 atom stereocenters. The van der Waals surface area contributed by atoms with Crippen molar-refractivity contribution in [3.63, 3.8) is 0 Å². The van der Waals surface area contributed by atoms with Crippen molar-refractivity contribution in [2.24, 2.45) is 0 Å². The van der Waals surface area contributed by atoms with Crippen LogP contribution in [0.2, 0.25) is 0 Å². The van der Waals surface area contributed by atoms with Gasteiger partial charge in [0.1, 0.15) is 13.2 Å². The summed E-state index contributed by atoms with van der Waals surface area (Å²) in [6.07, 6.45) is 1.08. The predicted octanol–water partition coefficient (Wildman–Crippen LogP) is -0.650. The minimum Gasteiger partial charge on any atom is -0.480 e. The molecule has 0 saturated carbocycles. The standard InChI is InChI=1S/C12H21N3O5/c1-13-10(16)7-14(2)12(19)15-5-3-9(4-6-15)20-8-11(17)18/h9H,3-8H2,1-2H3,(H,13,16)(H,17,18). The summed E-state index contributed by atoms with van der Waals surface area (Å²) >= 11 is 0. The predicted molar refractivity (Wildman–Crippen MR) is 70.3 cm³/mol. The van der Waals surface area contributed by atoms with Gasteiger partial charge in [-0.1, -0.05) is 0 Å². The Kier molecular flexibility index (Phi) is 6.23. The van der Waals surface area contributed by atoms with Gasteiger partial charge in [0.2, 0.25) is 5.91 Å². The average Bonchev–Trinajstić information content (AvgIpc) is 2.44. The van der Waals surface area contributed by atoms with Gasteiger partial charge in [-0.05, 0) is 12.8 Å². The summed E-state index contributed by atoms with van der Waals surface area (Å²) in [5.41, 5.74) is 0. The molecule has 0 radical (unpaired) electrons. The number of amides is 3. The fourth-order valence-corrected chi connectivity index (χ4v) is 2.01. The molecule has 0 aliphatic carbocycles. The first-order valence-electron chi connectivity index (χ1n) is 6.48. The smallest absolute Gasteiger partial charge is 0.329 e. The van der Waals surface area contributed by atoms with E-state index in [9.17, 15) is 14.4 Å². The van der Waals surface area contributed by atoms with E-state index in [4.69, 9.17) is 9.84 Å². The minimum atomic E-state index is -0.992. The number of ether oxygens (including phenoxy) is 1. The summed E-state index contributed by atoms with van der Waals surface area (Å²) in [5, 5.41) is 11.0. The van der Waals surface area contributed by atoms with Crippen LogP contribution in [0.3, 0.4) is 0 Å². The van der Waals surface area contributed by atoms with Crippen molar-refractivity contribution < 1.29 is 24.2 Å². The number of rotatable bonds is 5. The fourth-order valence-electron chi connectivity index (χ4n) is 2.01. The second kappa shape index (κ2) is 7.68. The molecule has 1 rings (SSSR count). The summed E-state index contributed by atoms with van der Waals surface area (Å²) in [5.74, 6) is -1.21. The lowest BCUT2D eigenvalue weighted by molar-refractivity contribution is -0.145. The van der Waals surface area contributed by atoms with Crippen LogP contribution in [0.5, 0.6) is 0 Å². The Balaban J connectivity index is 2.35. The van der Waals surface area contributed by atoms with Gasteiger partial charge in [-0.25, -0.2) is 9.59 Å². The van der Waals surface area contributed by atoms with Crippen LogP contribution < -0.4 is 5.32 Å². The number of carbonyl (C=O) groups excluding carboxylic acids is 2. The maximum atomic E-state index is 12.1. The number of hydrogen-bond acceptors (Lipinski definition) is 4. The second-order valence-corrected chi connectivity index (χ2v) is 4.70. The number of likely N-dealkylation sites (tertiary alicyclic amines) is 1. The molecular weight excluding hydrogens is 266 g/mol. The lowest BCUT2D eigenvalue weighted by atomic mass is 10.1. The largest absolute Gasteiger partial charge is 0.480 e. The number of carbonyl (C=O) groups is 3. The van der Waals surface area contributed by atoms with Gasteiger partial charge < -0.3 is 25.0 Å². The Bertz CT molecular complexity index is 366. The van der Waals surface area contributed by atoms with E-state index in [0.717, 1.165) is 0 Å². The molecular formula is C12H21N3O5. The maximum absolute atomic E-state index is 12.1. The van der Waals surface area contributed by atoms with E-state index >= 15 is 0 Å². The van der Waals surface area contributed by atoms with Crippen LogP contribution in [-0.4, -0.2) is 79.3 Å². The number of likely N-dealkylation sites (N-methyl/N-ethyl adjacent to an activating group) is 2. The van der Waals surface area contributed by atoms with Crippen LogP contribution in [-0.2, 0) is 14.3 Å². The summed E-state index contributed by atoms with van der Waals surface area (Å²) in [6.45, 7) is 0.711. The average molecular weight is 287 g/mol. The summed E-state index contributed by atoms with van der Waals surface area (Å²) < 4.78 is 5.20. The quantitative estimate of drug-likeness (QED) is 0.700. The molecule has 1 heterocycles. The first kappa shape index (κ1) is 16.2. The van der Waals surface area contributed by atoms with E-state index in [0.29, 0.717) is 25.9 Å². The van der Waals surface area contributed by atoms with E-state index in [1.54, 1.807) is 11.9 Å². The lowest BCUT2D eigenvalue weighted by Gasteiger charge is -2.34. The molecule has 114 valence electrons.